The number of ether oxygens (including phenoxy) is 2. The van der Waals surface area contributed by atoms with Gasteiger partial charge in [-0.25, -0.2) is 4.79 Å². The molecule has 0 aromatic carbocycles. The summed E-state index contributed by atoms with van der Waals surface area (Å²) in [6.45, 7) is 6.33. The normalized spacial score (nSPS) is 9.14. The van der Waals surface area contributed by atoms with Gasteiger partial charge in [-0.2, -0.15) is 5.26 Å². The van der Waals surface area contributed by atoms with Crippen molar-refractivity contribution in [3.63, 3.8) is 0 Å². The second-order valence-corrected chi connectivity index (χ2v) is 2.79. The summed E-state index contributed by atoms with van der Waals surface area (Å²) in [6.07, 6.45) is 1.04. The predicted molar refractivity (Wildman–Crippen MR) is 51.4 cm³/mol. The highest BCUT2D eigenvalue weighted by Gasteiger charge is 2.01. The number of carbonyl (C=O) groups excluding carboxylic acids is 1. The molecule has 0 amide bonds. The molecule has 0 radical (unpaired) electrons. The smallest absolute Gasteiger partial charge is 0.333 e. The SMILES string of the molecule is C=C(C)C(=O)OCCCOCCC#N. The van der Waals surface area contributed by atoms with Crippen molar-refractivity contribution >= 4 is 5.97 Å². The third-order valence-electron chi connectivity index (χ3n) is 1.37. The molecule has 0 aliphatic rings. The Morgan fingerprint density at radius 1 is 1.43 bits per heavy atom. The molecule has 78 valence electrons. The minimum absolute atomic E-state index is 0.332. The van der Waals surface area contributed by atoms with Gasteiger partial charge in [0.25, 0.3) is 0 Å². The lowest BCUT2D eigenvalue weighted by atomic mass is 10.4. The van der Waals surface area contributed by atoms with Gasteiger partial charge in [0.1, 0.15) is 0 Å². The van der Waals surface area contributed by atoms with Crippen molar-refractivity contribution in [1.82, 2.24) is 0 Å². The van der Waals surface area contributed by atoms with E-state index in [2.05, 4.69) is 6.58 Å². The van der Waals surface area contributed by atoms with E-state index in [1.165, 1.54) is 0 Å². The Morgan fingerprint density at radius 2 is 2.14 bits per heavy atom. The number of nitriles is 1. The van der Waals surface area contributed by atoms with Crippen molar-refractivity contribution in [2.24, 2.45) is 0 Å². The summed E-state index contributed by atoms with van der Waals surface area (Å²) < 4.78 is 9.91. The van der Waals surface area contributed by atoms with E-state index in [0.717, 1.165) is 0 Å². The Hall–Kier alpha value is -1.34. The fourth-order valence-electron chi connectivity index (χ4n) is 0.669. The van der Waals surface area contributed by atoms with Crippen LogP contribution >= 0.6 is 0 Å². The van der Waals surface area contributed by atoms with E-state index < -0.39 is 0 Å². The molecule has 0 rings (SSSR count). The Bertz CT molecular complexity index is 230. The van der Waals surface area contributed by atoms with Crippen LogP contribution in [0.3, 0.4) is 0 Å². The molecule has 0 saturated carbocycles. The van der Waals surface area contributed by atoms with Gasteiger partial charge >= 0.3 is 5.97 Å². The van der Waals surface area contributed by atoms with E-state index >= 15 is 0 Å². The van der Waals surface area contributed by atoms with Gasteiger partial charge in [0.05, 0.1) is 25.7 Å². The van der Waals surface area contributed by atoms with Gasteiger partial charge in [-0.1, -0.05) is 6.58 Å². The summed E-state index contributed by atoms with van der Waals surface area (Å²) in [7, 11) is 0. The summed E-state index contributed by atoms with van der Waals surface area (Å²) in [4.78, 5) is 10.9. The standard InChI is InChI=1S/C10H15NO3/c1-9(2)10(12)14-8-4-7-13-6-3-5-11/h1,3-4,6-8H2,2H3. The van der Waals surface area contributed by atoms with Crippen molar-refractivity contribution in [2.45, 2.75) is 19.8 Å². The third-order valence-corrected chi connectivity index (χ3v) is 1.37. The van der Waals surface area contributed by atoms with Crippen LogP contribution in [0.1, 0.15) is 19.8 Å². The predicted octanol–water partition coefficient (Wildman–Crippen LogP) is 1.43. The zero-order valence-corrected chi connectivity index (χ0v) is 8.41. The van der Waals surface area contributed by atoms with E-state index in [1.807, 2.05) is 6.07 Å². The highest BCUT2D eigenvalue weighted by Crippen LogP contribution is 1.93. The minimum atomic E-state index is -0.373. The molecule has 0 aliphatic heterocycles. The van der Waals surface area contributed by atoms with E-state index in [9.17, 15) is 4.79 Å². The summed E-state index contributed by atoms with van der Waals surface area (Å²) in [5.74, 6) is -0.373. The molecule has 0 aromatic heterocycles. The Morgan fingerprint density at radius 3 is 2.71 bits per heavy atom. The fourth-order valence-corrected chi connectivity index (χ4v) is 0.669. The Kier molecular flexibility index (Phi) is 7.48. The van der Waals surface area contributed by atoms with Gasteiger partial charge in [-0.3, -0.25) is 0 Å². The summed E-state index contributed by atoms with van der Waals surface area (Å²) in [6, 6.07) is 1.97. The average Bonchev–Trinajstić information content (AvgIpc) is 2.16. The Balaban J connectivity index is 3.18. The number of hydrogen-bond acceptors (Lipinski definition) is 4. The van der Waals surface area contributed by atoms with Crippen LogP contribution in [-0.4, -0.2) is 25.8 Å². The first-order valence-electron chi connectivity index (χ1n) is 4.45. The van der Waals surface area contributed by atoms with Gasteiger partial charge in [-0.05, 0) is 6.92 Å². The largest absolute Gasteiger partial charge is 0.462 e. The summed E-state index contributed by atoms with van der Waals surface area (Å²) >= 11 is 0. The van der Waals surface area contributed by atoms with Crippen LogP contribution in [0.15, 0.2) is 12.2 Å². The molecule has 0 unspecified atom stereocenters. The van der Waals surface area contributed by atoms with Crippen molar-refractivity contribution in [3.05, 3.63) is 12.2 Å². The quantitative estimate of drug-likeness (QED) is 0.352. The molecule has 4 nitrogen and oxygen atoms in total. The second-order valence-electron chi connectivity index (χ2n) is 2.79. The van der Waals surface area contributed by atoms with Gasteiger partial charge < -0.3 is 9.47 Å². The van der Waals surface area contributed by atoms with Gasteiger partial charge in [-0.15, -0.1) is 0 Å². The summed E-state index contributed by atoms with van der Waals surface area (Å²) in [5.41, 5.74) is 0.399. The molecule has 0 heterocycles. The molecule has 0 spiro atoms. The molecule has 4 heteroatoms. The molecular weight excluding hydrogens is 182 g/mol. The van der Waals surface area contributed by atoms with Gasteiger partial charge in [0.2, 0.25) is 0 Å². The van der Waals surface area contributed by atoms with Crippen LogP contribution in [0.25, 0.3) is 0 Å². The molecule has 14 heavy (non-hydrogen) atoms. The maximum Gasteiger partial charge on any atom is 0.333 e. The maximum atomic E-state index is 10.9. The van der Waals surface area contributed by atoms with Crippen LogP contribution in [0.2, 0.25) is 0 Å². The van der Waals surface area contributed by atoms with Crippen LogP contribution in [-0.2, 0) is 14.3 Å². The highest BCUT2D eigenvalue weighted by atomic mass is 16.5. The molecular formula is C10H15NO3. The average molecular weight is 197 g/mol. The first-order chi connectivity index (χ1) is 6.68. The van der Waals surface area contributed by atoms with Crippen molar-refractivity contribution in [1.29, 1.82) is 5.26 Å². The topological polar surface area (TPSA) is 59.3 Å². The van der Waals surface area contributed by atoms with E-state index in [4.69, 9.17) is 14.7 Å². The van der Waals surface area contributed by atoms with Crippen LogP contribution in [0.5, 0.6) is 0 Å². The number of nitrogens with zero attached hydrogens (tertiary/aromatic N) is 1. The number of rotatable bonds is 7. The monoisotopic (exact) mass is 197 g/mol. The van der Waals surface area contributed by atoms with E-state index in [0.29, 0.717) is 38.2 Å². The molecule has 0 aromatic rings. The van der Waals surface area contributed by atoms with E-state index in [1.54, 1.807) is 6.92 Å². The third kappa shape index (κ3) is 7.32. The van der Waals surface area contributed by atoms with E-state index in [-0.39, 0.29) is 5.97 Å². The number of esters is 1. The zero-order chi connectivity index (χ0) is 10.8. The molecule has 0 bridgehead atoms. The minimum Gasteiger partial charge on any atom is -0.462 e. The molecule has 0 aliphatic carbocycles. The zero-order valence-electron chi connectivity index (χ0n) is 8.41. The van der Waals surface area contributed by atoms with Crippen molar-refractivity contribution < 1.29 is 14.3 Å². The first-order valence-corrected chi connectivity index (χ1v) is 4.45. The Labute approximate surface area is 84.1 Å². The lowest BCUT2D eigenvalue weighted by molar-refractivity contribution is -0.139. The lowest BCUT2D eigenvalue weighted by Gasteiger charge is -2.04. The lowest BCUT2D eigenvalue weighted by Crippen LogP contribution is -2.08. The molecule has 0 fully saturated rings. The molecule has 0 atom stereocenters. The molecule has 0 N–H and O–H groups in total. The number of carbonyl (C=O) groups is 1. The van der Waals surface area contributed by atoms with Crippen LogP contribution < -0.4 is 0 Å². The maximum absolute atomic E-state index is 10.9. The van der Waals surface area contributed by atoms with Crippen molar-refractivity contribution in [2.75, 3.05) is 19.8 Å². The van der Waals surface area contributed by atoms with Crippen LogP contribution in [0, 0.1) is 11.3 Å². The van der Waals surface area contributed by atoms with Gasteiger partial charge in [0.15, 0.2) is 0 Å². The summed E-state index contributed by atoms with van der Waals surface area (Å²) in [5, 5.41) is 8.19. The van der Waals surface area contributed by atoms with Gasteiger partial charge in [0, 0.05) is 18.6 Å². The molecule has 0 saturated heterocycles. The highest BCUT2D eigenvalue weighted by molar-refractivity contribution is 5.86. The van der Waals surface area contributed by atoms with Crippen LogP contribution in [0.4, 0.5) is 0 Å². The first kappa shape index (κ1) is 12.7. The van der Waals surface area contributed by atoms with Crippen molar-refractivity contribution in [3.8, 4) is 6.07 Å². The fraction of sp³-hybridized carbons (Fsp3) is 0.600. The second kappa shape index (κ2) is 8.27. The number of hydrogen-bond donors (Lipinski definition) is 0.